The molecule has 0 aliphatic carbocycles. The first-order valence-electron chi connectivity index (χ1n) is 11.2. The summed E-state index contributed by atoms with van der Waals surface area (Å²) < 4.78 is 25.8. The average molecular weight is 481 g/mol. The van der Waals surface area contributed by atoms with Crippen molar-refractivity contribution in [3.63, 3.8) is 0 Å². The standard InChI is InChI=1S/C23H24FN7O4/c1-11(2)20(25)22(32)34-10-19-18-7-13-6-14(15(24)8-17(13)31(18)23(33)35-19)12-4-5-16(26-9-12)21-27-29-30(3)28-21/h4-6,8-9,11,18-20H,7,10,25H2,1-3H3/t18-,19-,20-/m0/s1. The van der Waals surface area contributed by atoms with Crippen LogP contribution < -0.4 is 10.6 Å². The predicted molar refractivity (Wildman–Crippen MR) is 121 cm³/mol. The number of pyridine rings is 1. The van der Waals surface area contributed by atoms with Gasteiger partial charge in [0.05, 0.1) is 18.8 Å². The van der Waals surface area contributed by atoms with Gasteiger partial charge in [-0.3, -0.25) is 14.7 Å². The summed E-state index contributed by atoms with van der Waals surface area (Å²) >= 11 is 0. The van der Waals surface area contributed by atoms with Crippen molar-refractivity contribution in [3.8, 4) is 22.6 Å². The highest BCUT2D eigenvalue weighted by Gasteiger charge is 2.48. The van der Waals surface area contributed by atoms with E-state index in [1.54, 1.807) is 31.4 Å². The Morgan fingerprint density at radius 1 is 1.34 bits per heavy atom. The number of cyclic esters (lactones) is 1. The summed E-state index contributed by atoms with van der Waals surface area (Å²) in [7, 11) is 1.65. The van der Waals surface area contributed by atoms with Crippen molar-refractivity contribution < 1.29 is 23.5 Å². The van der Waals surface area contributed by atoms with Gasteiger partial charge in [0.15, 0.2) is 6.10 Å². The Kier molecular flexibility index (Phi) is 5.67. The molecule has 2 aliphatic rings. The maximum Gasteiger partial charge on any atom is 0.415 e. The van der Waals surface area contributed by atoms with Gasteiger partial charge in [0.25, 0.3) is 0 Å². The Hall–Kier alpha value is -3.93. The van der Waals surface area contributed by atoms with Crippen LogP contribution in [0.1, 0.15) is 19.4 Å². The van der Waals surface area contributed by atoms with Gasteiger partial charge in [-0.05, 0) is 41.3 Å². The van der Waals surface area contributed by atoms with E-state index in [0.717, 1.165) is 5.56 Å². The molecule has 0 spiro atoms. The molecule has 11 nitrogen and oxygen atoms in total. The summed E-state index contributed by atoms with van der Waals surface area (Å²) in [4.78, 5) is 31.8. The Morgan fingerprint density at radius 3 is 2.80 bits per heavy atom. The van der Waals surface area contributed by atoms with Crippen LogP contribution in [0.3, 0.4) is 0 Å². The van der Waals surface area contributed by atoms with Crippen LogP contribution in [-0.4, -0.2) is 62.0 Å². The number of esters is 1. The maximum absolute atomic E-state index is 15.1. The second-order valence-electron chi connectivity index (χ2n) is 8.96. The molecule has 3 aromatic rings. The average Bonchev–Trinajstić information content (AvgIpc) is 3.51. The Labute approximate surface area is 200 Å². The molecule has 1 amide bonds. The molecule has 3 atom stereocenters. The van der Waals surface area contributed by atoms with Gasteiger partial charge < -0.3 is 15.2 Å². The molecule has 2 aliphatic heterocycles. The zero-order valence-electron chi connectivity index (χ0n) is 19.4. The molecule has 0 radical (unpaired) electrons. The fourth-order valence-electron chi connectivity index (χ4n) is 4.26. The van der Waals surface area contributed by atoms with Crippen LogP contribution in [0.5, 0.6) is 0 Å². The molecule has 0 saturated carbocycles. The molecule has 12 heteroatoms. The number of hydrogen-bond donors (Lipinski definition) is 1. The first kappa shape index (κ1) is 22.8. The van der Waals surface area contributed by atoms with E-state index in [-0.39, 0.29) is 12.5 Å². The molecular weight excluding hydrogens is 457 g/mol. The van der Waals surface area contributed by atoms with Gasteiger partial charge in [-0.1, -0.05) is 19.9 Å². The van der Waals surface area contributed by atoms with Crippen LogP contribution >= 0.6 is 0 Å². The van der Waals surface area contributed by atoms with E-state index in [0.29, 0.717) is 34.8 Å². The largest absolute Gasteiger partial charge is 0.460 e. The molecule has 1 saturated heterocycles. The number of rotatable bonds is 6. The highest BCUT2D eigenvalue weighted by Crippen LogP contribution is 2.41. The van der Waals surface area contributed by atoms with Gasteiger partial charge in [-0.15, -0.1) is 10.2 Å². The lowest BCUT2D eigenvalue weighted by atomic mass is 10.00. The van der Waals surface area contributed by atoms with Gasteiger partial charge in [-0.2, -0.15) is 4.80 Å². The van der Waals surface area contributed by atoms with E-state index in [4.69, 9.17) is 15.2 Å². The van der Waals surface area contributed by atoms with Crippen LogP contribution in [-0.2, 0) is 27.7 Å². The molecule has 4 heterocycles. The summed E-state index contributed by atoms with van der Waals surface area (Å²) in [6, 6.07) is 5.30. The first-order chi connectivity index (χ1) is 16.7. The third-order valence-corrected chi connectivity index (χ3v) is 6.26. The molecule has 2 aromatic heterocycles. The van der Waals surface area contributed by atoms with E-state index in [1.165, 1.54) is 15.8 Å². The summed E-state index contributed by atoms with van der Waals surface area (Å²) in [6.45, 7) is 3.52. The normalized spacial score (nSPS) is 19.5. The van der Waals surface area contributed by atoms with E-state index in [9.17, 15) is 9.59 Å². The molecule has 1 aromatic carbocycles. The number of ether oxygens (including phenoxy) is 2. The van der Waals surface area contributed by atoms with E-state index >= 15 is 4.39 Å². The molecular formula is C23H24FN7O4. The highest BCUT2D eigenvalue weighted by molar-refractivity contribution is 5.94. The van der Waals surface area contributed by atoms with Crippen molar-refractivity contribution in [2.45, 2.75) is 38.5 Å². The van der Waals surface area contributed by atoms with Crippen molar-refractivity contribution in [2.75, 3.05) is 11.5 Å². The Balaban J connectivity index is 1.35. The zero-order chi connectivity index (χ0) is 24.9. The lowest BCUT2D eigenvalue weighted by Crippen LogP contribution is -2.40. The molecule has 35 heavy (non-hydrogen) atoms. The minimum atomic E-state index is -0.759. The summed E-state index contributed by atoms with van der Waals surface area (Å²) in [5, 5.41) is 11.8. The number of tetrazole rings is 1. The number of halogens is 1. The molecule has 5 rings (SSSR count). The number of aromatic nitrogens is 5. The number of hydrogen-bond acceptors (Lipinski definition) is 9. The number of fused-ring (bicyclic) bond motifs is 3. The van der Waals surface area contributed by atoms with Crippen molar-refractivity contribution in [2.24, 2.45) is 18.7 Å². The van der Waals surface area contributed by atoms with Gasteiger partial charge in [0.2, 0.25) is 5.82 Å². The fourth-order valence-corrected chi connectivity index (χ4v) is 4.26. The number of amides is 1. The lowest BCUT2D eigenvalue weighted by molar-refractivity contribution is -0.149. The summed E-state index contributed by atoms with van der Waals surface area (Å²) in [6.07, 6.45) is 0.700. The Bertz CT molecular complexity index is 1290. The molecule has 1 fully saturated rings. The number of anilines is 1. The van der Waals surface area contributed by atoms with Crippen molar-refractivity contribution >= 4 is 17.7 Å². The molecule has 2 N–H and O–H groups in total. The van der Waals surface area contributed by atoms with Crippen LogP contribution in [0.15, 0.2) is 30.5 Å². The van der Waals surface area contributed by atoms with Gasteiger partial charge in [0.1, 0.15) is 24.2 Å². The van der Waals surface area contributed by atoms with Crippen LogP contribution in [0, 0.1) is 11.7 Å². The van der Waals surface area contributed by atoms with Crippen LogP contribution in [0.25, 0.3) is 22.6 Å². The Morgan fingerprint density at radius 2 is 2.14 bits per heavy atom. The minimum Gasteiger partial charge on any atom is -0.460 e. The van der Waals surface area contributed by atoms with Crippen LogP contribution in [0.2, 0.25) is 0 Å². The SMILES string of the molecule is CC(C)[C@H](N)C(=O)OC[C@@H]1OC(=O)N2c3cc(F)c(-c4ccc(-c5nnn(C)n5)nc4)cc3C[C@@H]12. The zero-order valence-corrected chi connectivity index (χ0v) is 19.4. The number of carbonyl (C=O) groups excluding carboxylic acids is 2. The molecule has 0 unspecified atom stereocenters. The number of benzene rings is 1. The van der Waals surface area contributed by atoms with Crippen molar-refractivity contribution in [1.29, 1.82) is 0 Å². The number of nitrogens with two attached hydrogens (primary N) is 1. The van der Waals surface area contributed by atoms with Crippen molar-refractivity contribution in [1.82, 2.24) is 25.2 Å². The first-order valence-corrected chi connectivity index (χ1v) is 11.2. The number of nitrogens with zero attached hydrogens (tertiary/aromatic N) is 6. The monoisotopic (exact) mass is 481 g/mol. The van der Waals surface area contributed by atoms with Gasteiger partial charge in [0, 0.05) is 17.3 Å². The third-order valence-electron chi connectivity index (χ3n) is 6.26. The molecule has 0 bridgehead atoms. The summed E-state index contributed by atoms with van der Waals surface area (Å²) in [5.41, 5.74) is 8.51. The predicted octanol–water partition coefficient (Wildman–Crippen LogP) is 1.85. The third kappa shape index (κ3) is 4.09. The lowest BCUT2D eigenvalue weighted by Gasteiger charge is -2.19. The van der Waals surface area contributed by atoms with E-state index in [2.05, 4.69) is 20.4 Å². The molecule has 182 valence electrons. The minimum absolute atomic E-state index is 0.0808. The van der Waals surface area contributed by atoms with Crippen LogP contribution in [0.4, 0.5) is 14.9 Å². The summed E-state index contributed by atoms with van der Waals surface area (Å²) in [5.74, 6) is -0.760. The topological polar surface area (TPSA) is 138 Å². The maximum atomic E-state index is 15.1. The quantitative estimate of drug-likeness (QED) is 0.523. The second kappa shape index (κ2) is 8.69. The number of aryl methyl sites for hydroxylation is 1. The smallest absolute Gasteiger partial charge is 0.415 e. The van der Waals surface area contributed by atoms with Gasteiger partial charge in [-0.25, -0.2) is 9.18 Å². The highest BCUT2D eigenvalue weighted by atomic mass is 19.1. The van der Waals surface area contributed by atoms with E-state index in [1.807, 2.05) is 13.8 Å². The number of carbonyl (C=O) groups is 2. The van der Waals surface area contributed by atoms with Gasteiger partial charge >= 0.3 is 12.1 Å². The second-order valence-corrected chi connectivity index (χ2v) is 8.96. The van der Waals surface area contributed by atoms with E-state index < -0.39 is 36.1 Å². The van der Waals surface area contributed by atoms with Crippen molar-refractivity contribution in [3.05, 3.63) is 41.8 Å². The fraction of sp³-hybridized carbons (Fsp3) is 0.391.